The Morgan fingerprint density at radius 3 is 1.60 bits per heavy atom. The van der Waals surface area contributed by atoms with Gasteiger partial charge in [-0.2, -0.15) is 0 Å². The van der Waals surface area contributed by atoms with E-state index in [1.165, 1.54) is 12.4 Å². The second kappa shape index (κ2) is 13.3. The van der Waals surface area contributed by atoms with Crippen LogP contribution >= 0.6 is 23.2 Å². The molecule has 0 fully saturated rings. The van der Waals surface area contributed by atoms with Gasteiger partial charge in [0.1, 0.15) is 42.1 Å². The summed E-state index contributed by atoms with van der Waals surface area (Å²) < 4.78 is 10.5. The van der Waals surface area contributed by atoms with E-state index in [-0.39, 0.29) is 22.8 Å². The monoisotopic (exact) mass is 580 g/mol. The average Bonchev–Trinajstić information content (AvgIpc) is 2.96. The number of pyridine rings is 2. The van der Waals surface area contributed by atoms with Crippen LogP contribution in [0.3, 0.4) is 0 Å². The molecule has 0 aliphatic rings. The second-order valence-corrected chi connectivity index (χ2v) is 9.54. The first-order valence-corrected chi connectivity index (χ1v) is 13.0. The number of benzene rings is 2. The third-order valence-electron chi connectivity index (χ3n) is 5.91. The SMILES string of the molecule is Cc1c(Cl)cccc1Nc1ncccc1C(=O)OCC(O)COC(=O)c1cccnc1Nc1cccc(Cl)c1C. The summed E-state index contributed by atoms with van der Waals surface area (Å²) in [6, 6.07) is 17.0. The number of aromatic nitrogens is 2. The van der Waals surface area contributed by atoms with E-state index >= 15 is 0 Å². The van der Waals surface area contributed by atoms with Gasteiger partial charge in [-0.1, -0.05) is 35.3 Å². The predicted octanol–water partition coefficient (Wildman–Crippen LogP) is 6.26. The molecule has 11 heteroatoms. The standard InChI is InChI=1S/C29H26Cl2N4O5/c1-17-22(30)9-3-11-24(17)34-26-20(7-5-13-32-26)28(37)39-15-19(36)16-40-29(38)21-8-6-14-33-27(21)35-25-12-4-10-23(31)18(25)2/h3-14,19,36H,15-16H2,1-2H3,(H,32,34)(H,33,35). The highest BCUT2D eigenvalue weighted by Gasteiger charge is 2.20. The van der Waals surface area contributed by atoms with Crippen molar-refractivity contribution in [3.05, 3.63) is 105 Å². The van der Waals surface area contributed by atoms with Crippen LogP contribution < -0.4 is 10.6 Å². The molecule has 0 atom stereocenters. The minimum atomic E-state index is -1.26. The van der Waals surface area contributed by atoms with Crippen LogP contribution in [0.4, 0.5) is 23.0 Å². The smallest absolute Gasteiger partial charge is 0.342 e. The molecule has 0 saturated heterocycles. The third kappa shape index (κ3) is 7.06. The van der Waals surface area contributed by atoms with Crippen LogP contribution in [-0.2, 0) is 9.47 Å². The fourth-order valence-corrected chi connectivity index (χ4v) is 3.98. The van der Waals surface area contributed by atoms with Gasteiger partial charge in [0.15, 0.2) is 0 Å². The zero-order valence-electron chi connectivity index (χ0n) is 21.7. The summed E-state index contributed by atoms with van der Waals surface area (Å²) in [6.07, 6.45) is 1.80. The zero-order chi connectivity index (χ0) is 28.6. The molecule has 3 N–H and O–H groups in total. The van der Waals surface area contributed by atoms with E-state index < -0.39 is 31.3 Å². The number of carbonyl (C=O) groups is 2. The van der Waals surface area contributed by atoms with E-state index in [9.17, 15) is 14.7 Å². The van der Waals surface area contributed by atoms with Gasteiger partial charge in [-0.05, 0) is 73.5 Å². The molecule has 0 bridgehead atoms. The van der Waals surface area contributed by atoms with E-state index in [2.05, 4.69) is 20.6 Å². The Kier molecular flexibility index (Phi) is 9.55. The molecule has 0 radical (unpaired) electrons. The zero-order valence-corrected chi connectivity index (χ0v) is 23.2. The molecule has 2 aromatic carbocycles. The minimum Gasteiger partial charge on any atom is -0.459 e. The molecule has 2 heterocycles. The van der Waals surface area contributed by atoms with Crippen molar-refractivity contribution in [2.75, 3.05) is 23.8 Å². The van der Waals surface area contributed by atoms with Gasteiger partial charge in [0.25, 0.3) is 0 Å². The first-order chi connectivity index (χ1) is 19.2. The minimum absolute atomic E-state index is 0.161. The van der Waals surface area contributed by atoms with Crippen molar-refractivity contribution in [3.8, 4) is 0 Å². The van der Waals surface area contributed by atoms with Crippen LogP contribution in [0.1, 0.15) is 31.8 Å². The normalized spacial score (nSPS) is 10.8. The number of nitrogens with zero attached hydrogens (tertiary/aromatic N) is 2. The summed E-state index contributed by atoms with van der Waals surface area (Å²) in [7, 11) is 0. The lowest BCUT2D eigenvalue weighted by Gasteiger charge is -2.16. The fourth-order valence-electron chi connectivity index (χ4n) is 3.63. The Hall–Kier alpha value is -4.18. The van der Waals surface area contributed by atoms with Crippen LogP contribution in [0.5, 0.6) is 0 Å². The molecule has 40 heavy (non-hydrogen) atoms. The first kappa shape index (κ1) is 28.8. The molecule has 0 unspecified atom stereocenters. The van der Waals surface area contributed by atoms with E-state index in [0.29, 0.717) is 21.4 Å². The predicted molar refractivity (Wildman–Crippen MR) is 154 cm³/mol. The molecule has 0 aliphatic carbocycles. The van der Waals surface area contributed by atoms with Gasteiger partial charge in [-0.25, -0.2) is 19.6 Å². The van der Waals surface area contributed by atoms with Gasteiger partial charge in [0.2, 0.25) is 0 Å². The molecule has 9 nitrogen and oxygen atoms in total. The second-order valence-electron chi connectivity index (χ2n) is 8.72. The molecule has 0 amide bonds. The van der Waals surface area contributed by atoms with Crippen LogP contribution in [0.25, 0.3) is 0 Å². The number of nitrogens with one attached hydrogen (secondary N) is 2. The molecule has 206 valence electrons. The van der Waals surface area contributed by atoms with Gasteiger partial charge >= 0.3 is 11.9 Å². The summed E-state index contributed by atoms with van der Waals surface area (Å²) in [5, 5.41) is 17.6. The van der Waals surface area contributed by atoms with E-state index in [0.717, 1.165) is 11.1 Å². The number of aliphatic hydroxyl groups is 1. The fraction of sp³-hybridized carbons (Fsp3) is 0.172. The largest absolute Gasteiger partial charge is 0.459 e. The van der Waals surface area contributed by atoms with Crippen molar-refractivity contribution >= 4 is 58.2 Å². The number of hydrogen-bond acceptors (Lipinski definition) is 9. The summed E-state index contributed by atoms with van der Waals surface area (Å²) >= 11 is 12.4. The summed E-state index contributed by atoms with van der Waals surface area (Å²) in [5.41, 5.74) is 3.27. The van der Waals surface area contributed by atoms with Crippen molar-refractivity contribution in [1.82, 2.24) is 9.97 Å². The number of esters is 2. The molecule has 4 aromatic rings. The number of ether oxygens (including phenoxy) is 2. The summed E-state index contributed by atoms with van der Waals surface area (Å²) in [4.78, 5) is 34.0. The maximum atomic E-state index is 12.8. The average molecular weight is 581 g/mol. The molecule has 4 rings (SSSR count). The Balaban J connectivity index is 1.34. The maximum Gasteiger partial charge on any atom is 0.342 e. The van der Waals surface area contributed by atoms with E-state index in [4.69, 9.17) is 32.7 Å². The summed E-state index contributed by atoms with van der Waals surface area (Å²) in [5.74, 6) is -0.886. The van der Waals surface area contributed by atoms with Crippen molar-refractivity contribution in [1.29, 1.82) is 0 Å². The highest BCUT2D eigenvalue weighted by Crippen LogP contribution is 2.28. The number of hydrogen-bond donors (Lipinski definition) is 3. The van der Waals surface area contributed by atoms with Gasteiger partial charge in [0, 0.05) is 33.8 Å². The van der Waals surface area contributed by atoms with E-state index in [1.807, 2.05) is 26.0 Å². The Morgan fingerprint density at radius 2 is 1.18 bits per heavy atom. The molecular weight excluding hydrogens is 555 g/mol. The Bertz CT molecular complexity index is 1420. The van der Waals surface area contributed by atoms with Crippen LogP contribution in [-0.4, -0.2) is 46.3 Å². The maximum absolute atomic E-state index is 12.8. The number of halogens is 2. The lowest BCUT2D eigenvalue weighted by Crippen LogP contribution is -2.26. The topological polar surface area (TPSA) is 123 Å². The van der Waals surface area contributed by atoms with Gasteiger partial charge in [0.05, 0.1) is 0 Å². The third-order valence-corrected chi connectivity index (χ3v) is 6.73. The molecule has 0 spiro atoms. The lowest BCUT2D eigenvalue weighted by molar-refractivity contribution is -0.00462. The van der Waals surface area contributed by atoms with Crippen LogP contribution in [0, 0.1) is 13.8 Å². The Labute approximate surface area is 241 Å². The van der Waals surface area contributed by atoms with Crippen LogP contribution in [0.2, 0.25) is 10.0 Å². The van der Waals surface area contributed by atoms with Crippen LogP contribution in [0.15, 0.2) is 73.1 Å². The van der Waals surface area contributed by atoms with Crippen molar-refractivity contribution in [2.24, 2.45) is 0 Å². The number of carbonyl (C=O) groups excluding carboxylic acids is 2. The van der Waals surface area contributed by atoms with Crippen molar-refractivity contribution in [2.45, 2.75) is 20.0 Å². The molecular formula is C29H26Cl2N4O5. The molecule has 0 aliphatic heterocycles. The van der Waals surface area contributed by atoms with Gasteiger partial charge in [-0.15, -0.1) is 0 Å². The number of anilines is 4. The number of rotatable bonds is 10. The molecule has 0 saturated carbocycles. The lowest BCUT2D eigenvalue weighted by atomic mass is 10.2. The van der Waals surface area contributed by atoms with Gasteiger partial charge in [-0.3, -0.25) is 0 Å². The van der Waals surface area contributed by atoms with E-state index in [1.54, 1.807) is 48.5 Å². The summed E-state index contributed by atoms with van der Waals surface area (Å²) in [6.45, 7) is 2.87. The molecule has 2 aromatic heterocycles. The Morgan fingerprint density at radius 1 is 0.750 bits per heavy atom. The van der Waals surface area contributed by atoms with Crippen molar-refractivity contribution in [3.63, 3.8) is 0 Å². The number of aliphatic hydroxyl groups excluding tert-OH is 1. The highest BCUT2D eigenvalue weighted by atomic mass is 35.5. The highest BCUT2D eigenvalue weighted by molar-refractivity contribution is 6.32. The van der Waals surface area contributed by atoms with Crippen molar-refractivity contribution < 1.29 is 24.2 Å². The van der Waals surface area contributed by atoms with Gasteiger partial charge < -0.3 is 25.2 Å². The quantitative estimate of drug-likeness (QED) is 0.186. The first-order valence-electron chi connectivity index (χ1n) is 12.2.